The van der Waals surface area contributed by atoms with Crippen LogP contribution >= 0.6 is 0 Å². The number of halogens is 1. The lowest BCUT2D eigenvalue weighted by Crippen LogP contribution is -2.51. The van der Waals surface area contributed by atoms with E-state index in [1.807, 2.05) is 26.0 Å². The Morgan fingerprint density at radius 2 is 1.71 bits per heavy atom. The number of nitrogens with one attached hydrogen (secondary N) is 2. The van der Waals surface area contributed by atoms with Crippen LogP contribution in [-0.4, -0.2) is 45.5 Å². The Morgan fingerprint density at radius 1 is 1.06 bits per heavy atom. The average Bonchev–Trinajstić information content (AvgIpc) is 3.31. The van der Waals surface area contributed by atoms with Gasteiger partial charge in [0.1, 0.15) is 23.4 Å². The van der Waals surface area contributed by atoms with Crippen molar-refractivity contribution in [2.45, 2.75) is 58.5 Å². The highest BCUT2D eigenvalue weighted by Crippen LogP contribution is 2.26. The van der Waals surface area contributed by atoms with Crippen molar-refractivity contribution in [1.82, 2.24) is 5.32 Å². The highest BCUT2D eigenvalue weighted by Gasteiger charge is 2.31. The lowest BCUT2D eigenvalue weighted by Gasteiger charge is -2.31. The van der Waals surface area contributed by atoms with Gasteiger partial charge in [0.15, 0.2) is 0 Å². The molecule has 188 valence electrons. The Labute approximate surface area is 207 Å². The van der Waals surface area contributed by atoms with Gasteiger partial charge >= 0.3 is 0 Å². The normalized spacial score (nSPS) is 15.3. The van der Waals surface area contributed by atoms with Crippen molar-refractivity contribution in [2.75, 3.05) is 21.7 Å². The van der Waals surface area contributed by atoms with Crippen molar-refractivity contribution in [1.29, 1.82) is 0 Å². The summed E-state index contributed by atoms with van der Waals surface area (Å²) in [4.78, 5) is 40.1. The Bertz CT molecular complexity index is 1100. The van der Waals surface area contributed by atoms with Crippen LogP contribution in [0, 0.1) is 19.7 Å². The summed E-state index contributed by atoms with van der Waals surface area (Å²) in [6.07, 6.45) is 3.97. The molecule has 9 heteroatoms. The molecule has 3 amide bonds. The van der Waals surface area contributed by atoms with Gasteiger partial charge in [-0.15, -0.1) is 0 Å². The standard InChI is InChI=1S/C26H32FN3O4S/c1-17-7-6-10-23(18(17)2)30(19(3)26(33)29-21-8-4-5-9-21)25(32)16-35(34)15-24(31)28-22-13-11-20(27)12-14-22/h6-7,10-14,19,21H,4-5,8-9,15-16H2,1-3H3,(H,28,31)(H,29,33)/t19-,35+/m0/s1. The van der Waals surface area contributed by atoms with Gasteiger partial charge in [-0.2, -0.15) is 0 Å². The van der Waals surface area contributed by atoms with E-state index >= 15 is 0 Å². The van der Waals surface area contributed by atoms with Gasteiger partial charge in [-0.05, 0) is 75.1 Å². The molecule has 0 unspecified atom stereocenters. The van der Waals surface area contributed by atoms with E-state index in [0.29, 0.717) is 11.4 Å². The molecule has 2 N–H and O–H groups in total. The Kier molecular flexibility index (Phi) is 9.14. The largest absolute Gasteiger partial charge is 0.352 e. The Hall–Kier alpha value is -3.07. The maximum absolute atomic E-state index is 13.4. The van der Waals surface area contributed by atoms with Gasteiger partial charge in [0, 0.05) is 28.2 Å². The summed E-state index contributed by atoms with van der Waals surface area (Å²) in [6.45, 7) is 5.45. The summed E-state index contributed by atoms with van der Waals surface area (Å²) in [6, 6.07) is 9.99. The number of anilines is 2. The summed E-state index contributed by atoms with van der Waals surface area (Å²) in [5.41, 5.74) is 2.76. The third-order valence-electron chi connectivity index (χ3n) is 6.28. The number of hydrogen-bond donors (Lipinski definition) is 2. The fourth-order valence-electron chi connectivity index (χ4n) is 4.20. The minimum Gasteiger partial charge on any atom is -0.352 e. The lowest BCUT2D eigenvalue weighted by molar-refractivity contribution is -0.125. The molecular weight excluding hydrogens is 469 g/mol. The maximum Gasteiger partial charge on any atom is 0.243 e. The van der Waals surface area contributed by atoms with Crippen LogP contribution in [0.4, 0.5) is 15.8 Å². The smallest absolute Gasteiger partial charge is 0.243 e. The molecule has 2 atom stereocenters. The first kappa shape index (κ1) is 26.5. The number of rotatable bonds is 9. The van der Waals surface area contributed by atoms with Gasteiger partial charge in [0.25, 0.3) is 0 Å². The zero-order valence-corrected chi connectivity index (χ0v) is 21.1. The fraction of sp³-hybridized carbons (Fsp3) is 0.423. The average molecular weight is 502 g/mol. The van der Waals surface area contributed by atoms with Crippen molar-refractivity contribution >= 4 is 39.9 Å². The molecule has 1 fully saturated rings. The SMILES string of the molecule is Cc1cccc(N(C(=O)C[S@](=O)CC(=O)Nc2ccc(F)cc2)[C@@H](C)C(=O)NC2CCCC2)c1C. The minimum absolute atomic E-state index is 0.102. The number of amides is 3. The lowest BCUT2D eigenvalue weighted by atomic mass is 10.1. The molecule has 1 aliphatic carbocycles. The summed E-state index contributed by atoms with van der Waals surface area (Å²) in [5.74, 6) is -2.55. The van der Waals surface area contributed by atoms with Gasteiger partial charge in [0.05, 0.1) is 0 Å². The zero-order valence-electron chi connectivity index (χ0n) is 20.3. The molecule has 0 bridgehead atoms. The maximum atomic E-state index is 13.4. The van der Waals surface area contributed by atoms with Crippen LogP contribution in [0.25, 0.3) is 0 Å². The molecule has 1 aliphatic rings. The van der Waals surface area contributed by atoms with Crippen LogP contribution in [0.15, 0.2) is 42.5 Å². The second kappa shape index (κ2) is 12.1. The van der Waals surface area contributed by atoms with Gasteiger partial charge in [-0.25, -0.2) is 4.39 Å². The second-order valence-electron chi connectivity index (χ2n) is 8.93. The molecule has 2 aromatic carbocycles. The van der Waals surface area contributed by atoms with Crippen molar-refractivity contribution < 1.29 is 23.0 Å². The molecule has 35 heavy (non-hydrogen) atoms. The van der Waals surface area contributed by atoms with E-state index in [4.69, 9.17) is 0 Å². The molecule has 0 aromatic heterocycles. The van der Waals surface area contributed by atoms with Gasteiger partial charge in [-0.1, -0.05) is 25.0 Å². The van der Waals surface area contributed by atoms with Crippen molar-refractivity contribution in [3.8, 4) is 0 Å². The summed E-state index contributed by atoms with van der Waals surface area (Å²) in [7, 11) is -1.81. The number of hydrogen-bond acceptors (Lipinski definition) is 4. The van der Waals surface area contributed by atoms with Crippen molar-refractivity contribution in [2.24, 2.45) is 0 Å². The number of aryl methyl sites for hydroxylation is 1. The van der Waals surface area contributed by atoms with Crippen LogP contribution < -0.4 is 15.5 Å². The first-order valence-corrected chi connectivity index (χ1v) is 13.2. The molecular formula is C26H32FN3O4S. The predicted octanol–water partition coefficient (Wildman–Crippen LogP) is 3.61. The van der Waals surface area contributed by atoms with E-state index in [0.717, 1.165) is 36.8 Å². The number of carbonyl (C=O) groups is 3. The second-order valence-corrected chi connectivity index (χ2v) is 10.4. The molecule has 0 radical (unpaired) electrons. The van der Waals surface area contributed by atoms with Crippen LogP contribution in [0.5, 0.6) is 0 Å². The number of benzene rings is 2. The molecule has 7 nitrogen and oxygen atoms in total. The van der Waals surface area contributed by atoms with Gasteiger partial charge in [-0.3, -0.25) is 23.5 Å². The van der Waals surface area contributed by atoms with Crippen molar-refractivity contribution in [3.63, 3.8) is 0 Å². The first-order chi connectivity index (χ1) is 16.7. The molecule has 2 aromatic rings. The van der Waals surface area contributed by atoms with Crippen LogP contribution in [0.1, 0.15) is 43.7 Å². The summed E-state index contributed by atoms with van der Waals surface area (Å²) >= 11 is 0. The summed E-state index contributed by atoms with van der Waals surface area (Å²) < 4.78 is 25.8. The van der Waals surface area contributed by atoms with Gasteiger partial charge < -0.3 is 10.6 Å². The highest BCUT2D eigenvalue weighted by molar-refractivity contribution is 7.86. The fourth-order valence-corrected chi connectivity index (χ4v) is 5.08. The zero-order chi connectivity index (χ0) is 25.5. The van der Waals surface area contributed by atoms with E-state index in [1.165, 1.54) is 29.2 Å². The van der Waals surface area contributed by atoms with Crippen LogP contribution in [0.2, 0.25) is 0 Å². The predicted molar refractivity (Wildman–Crippen MR) is 136 cm³/mol. The third-order valence-corrected chi connectivity index (χ3v) is 7.43. The van der Waals surface area contributed by atoms with E-state index in [-0.39, 0.29) is 11.9 Å². The minimum atomic E-state index is -1.81. The summed E-state index contributed by atoms with van der Waals surface area (Å²) in [5, 5.41) is 5.58. The first-order valence-electron chi connectivity index (χ1n) is 11.7. The van der Waals surface area contributed by atoms with Gasteiger partial charge in [0.2, 0.25) is 17.7 Å². The van der Waals surface area contributed by atoms with Crippen molar-refractivity contribution in [3.05, 3.63) is 59.4 Å². The van der Waals surface area contributed by atoms with Crippen LogP contribution in [0.3, 0.4) is 0 Å². The molecule has 0 saturated heterocycles. The van der Waals surface area contributed by atoms with E-state index in [2.05, 4.69) is 10.6 Å². The Morgan fingerprint density at radius 3 is 2.37 bits per heavy atom. The third kappa shape index (κ3) is 7.21. The number of nitrogens with zero attached hydrogens (tertiary/aromatic N) is 1. The van der Waals surface area contributed by atoms with E-state index in [1.54, 1.807) is 13.0 Å². The monoisotopic (exact) mass is 501 g/mol. The highest BCUT2D eigenvalue weighted by atomic mass is 32.2. The Balaban J connectivity index is 1.72. The topological polar surface area (TPSA) is 95.6 Å². The molecule has 3 rings (SSSR count). The molecule has 0 aliphatic heterocycles. The molecule has 1 saturated carbocycles. The van der Waals surface area contributed by atoms with E-state index < -0.39 is 46.0 Å². The quantitative estimate of drug-likeness (QED) is 0.549. The number of carbonyl (C=O) groups excluding carboxylic acids is 3. The molecule has 0 spiro atoms. The molecule has 0 heterocycles. The van der Waals surface area contributed by atoms with E-state index in [9.17, 15) is 23.0 Å². The van der Waals surface area contributed by atoms with Crippen LogP contribution in [-0.2, 0) is 25.2 Å².